The molecule has 1 amide bonds. The number of aromatic amines is 1. The van der Waals surface area contributed by atoms with Crippen molar-refractivity contribution in [2.75, 3.05) is 18.5 Å². The fourth-order valence-electron chi connectivity index (χ4n) is 1.88. The molecule has 0 fully saturated rings. The summed E-state index contributed by atoms with van der Waals surface area (Å²) >= 11 is 0. The molecule has 0 spiro atoms. The molecule has 3 heterocycles. The van der Waals surface area contributed by atoms with Crippen LogP contribution in [0.25, 0.3) is 0 Å². The van der Waals surface area contributed by atoms with Crippen LogP contribution >= 0.6 is 0 Å². The van der Waals surface area contributed by atoms with Crippen molar-refractivity contribution in [2.45, 2.75) is 12.8 Å². The van der Waals surface area contributed by atoms with E-state index in [1.807, 2.05) is 0 Å². The number of fused-ring (bicyclic) bond motifs is 1. The molecule has 2 aromatic heterocycles. The minimum Gasteiger partial charge on any atom is -0.484 e. The number of hydrogen-bond acceptors (Lipinski definition) is 5. The average Bonchev–Trinajstić information content (AvgIpc) is 2.98. The zero-order chi connectivity index (χ0) is 13.8. The highest BCUT2D eigenvalue weighted by atomic mass is 16.6. The summed E-state index contributed by atoms with van der Waals surface area (Å²) < 4.78 is 10.7. The van der Waals surface area contributed by atoms with Gasteiger partial charge < -0.3 is 14.8 Å². The summed E-state index contributed by atoms with van der Waals surface area (Å²) in [6.07, 6.45) is 4.48. The van der Waals surface area contributed by atoms with Crippen molar-refractivity contribution in [1.29, 1.82) is 0 Å². The SMILES string of the molecule is O=C(CCc1cn[nH]c1)Nc1ccc2c(n1)OCCO2. The molecule has 7 nitrogen and oxygen atoms in total. The number of carbonyl (C=O) groups is 1. The summed E-state index contributed by atoms with van der Waals surface area (Å²) in [5, 5.41) is 9.28. The van der Waals surface area contributed by atoms with E-state index in [1.165, 1.54) is 0 Å². The van der Waals surface area contributed by atoms with Crippen LogP contribution in [0, 0.1) is 0 Å². The first kappa shape index (κ1) is 12.5. The normalized spacial score (nSPS) is 13.0. The van der Waals surface area contributed by atoms with Crippen LogP contribution in [-0.4, -0.2) is 34.3 Å². The maximum Gasteiger partial charge on any atom is 0.259 e. The monoisotopic (exact) mass is 274 g/mol. The van der Waals surface area contributed by atoms with Crippen LogP contribution in [0.15, 0.2) is 24.5 Å². The lowest BCUT2D eigenvalue weighted by Crippen LogP contribution is -2.18. The van der Waals surface area contributed by atoms with Gasteiger partial charge in [0.15, 0.2) is 5.75 Å². The Kier molecular flexibility index (Phi) is 3.49. The molecule has 0 radical (unpaired) electrons. The number of hydrogen-bond donors (Lipinski definition) is 2. The highest BCUT2D eigenvalue weighted by molar-refractivity contribution is 5.90. The zero-order valence-corrected chi connectivity index (χ0v) is 10.8. The van der Waals surface area contributed by atoms with E-state index in [4.69, 9.17) is 9.47 Å². The number of amides is 1. The predicted octanol–water partition coefficient (Wildman–Crippen LogP) is 1.15. The minimum absolute atomic E-state index is 0.102. The molecule has 3 rings (SSSR count). The second kappa shape index (κ2) is 5.60. The second-order valence-corrected chi connectivity index (χ2v) is 4.35. The van der Waals surface area contributed by atoms with Crippen LogP contribution in [0.2, 0.25) is 0 Å². The first-order valence-electron chi connectivity index (χ1n) is 6.35. The highest BCUT2D eigenvalue weighted by Crippen LogP contribution is 2.28. The van der Waals surface area contributed by atoms with Crippen molar-refractivity contribution in [1.82, 2.24) is 15.2 Å². The summed E-state index contributed by atoms with van der Waals surface area (Å²) in [4.78, 5) is 16.0. The number of anilines is 1. The molecule has 2 N–H and O–H groups in total. The number of aromatic nitrogens is 3. The number of ether oxygens (including phenoxy) is 2. The van der Waals surface area contributed by atoms with E-state index >= 15 is 0 Å². The molecule has 104 valence electrons. The third kappa shape index (κ3) is 2.87. The van der Waals surface area contributed by atoms with E-state index < -0.39 is 0 Å². The first-order chi connectivity index (χ1) is 9.81. The van der Waals surface area contributed by atoms with E-state index in [0.717, 1.165) is 5.56 Å². The van der Waals surface area contributed by atoms with Crippen molar-refractivity contribution in [3.63, 3.8) is 0 Å². The van der Waals surface area contributed by atoms with Crippen LogP contribution < -0.4 is 14.8 Å². The molecule has 0 bridgehead atoms. The standard InChI is InChI=1S/C13H14N4O3/c18-12(4-1-9-7-14-15-8-9)16-11-3-2-10-13(17-11)20-6-5-19-10/h2-3,7-8H,1,4-6H2,(H,14,15)(H,16,17,18). The van der Waals surface area contributed by atoms with Crippen molar-refractivity contribution < 1.29 is 14.3 Å². The number of pyridine rings is 1. The number of carbonyl (C=O) groups excluding carboxylic acids is 1. The third-order valence-electron chi connectivity index (χ3n) is 2.87. The Bertz CT molecular complexity index is 598. The Labute approximate surface area is 115 Å². The van der Waals surface area contributed by atoms with E-state index in [9.17, 15) is 4.79 Å². The second-order valence-electron chi connectivity index (χ2n) is 4.35. The van der Waals surface area contributed by atoms with Gasteiger partial charge in [-0.3, -0.25) is 9.89 Å². The van der Waals surface area contributed by atoms with E-state index in [1.54, 1.807) is 24.5 Å². The van der Waals surface area contributed by atoms with Gasteiger partial charge in [0.05, 0.1) is 6.20 Å². The molecule has 2 aromatic rings. The lowest BCUT2D eigenvalue weighted by molar-refractivity contribution is -0.116. The van der Waals surface area contributed by atoms with Gasteiger partial charge in [0, 0.05) is 12.6 Å². The molecule has 0 saturated carbocycles. The molecular formula is C13H14N4O3. The van der Waals surface area contributed by atoms with E-state index in [-0.39, 0.29) is 5.91 Å². The molecule has 0 aliphatic carbocycles. The zero-order valence-electron chi connectivity index (χ0n) is 10.8. The predicted molar refractivity (Wildman–Crippen MR) is 70.8 cm³/mol. The Hall–Kier alpha value is -2.57. The molecule has 0 unspecified atom stereocenters. The Morgan fingerprint density at radius 2 is 2.25 bits per heavy atom. The van der Waals surface area contributed by atoms with Crippen molar-refractivity contribution >= 4 is 11.7 Å². The molecule has 0 saturated heterocycles. The Morgan fingerprint density at radius 3 is 3.10 bits per heavy atom. The number of H-pyrrole nitrogens is 1. The largest absolute Gasteiger partial charge is 0.484 e. The van der Waals surface area contributed by atoms with Crippen LogP contribution in [0.5, 0.6) is 11.6 Å². The number of nitrogens with zero attached hydrogens (tertiary/aromatic N) is 2. The van der Waals surface area contributed by atoms with Crippen LogP contribution in [-0.2, 0) is 11.2 Å². The van der Waals surface area contributed by atoms with Crippen molar-refractivity contribution in [3.05, 3.63) is 30.1 Å². The lowest BCUT2D eigenvalue weighted by Gasteiger charge is -2.17. The third-order valence-corrected chi connectivity index (χ3v) is 2.87. The van der Waals surface area contributed by atoms with Crippen molar-refractivity contribution in [3.8, 4) is 11.6 Å². The van der Waals surface area contributed by atoms with Gasteiger partial charge in [-0.15, -0.1) is 0 Å². The average molecular weight is 274 g/mol. The van der Waals surface area contributed by atoms with Gasteiger partial charge in [-0.25, -0.2) is 0 Å². The van der Waals surface area contributed by atoms with E-state index in [2.05, 4.69) is 20.5 Å². The number of rotatable bonds is 4. The fourth-order valence-corrected chi connectivity index (χ4v) is 1.88. The summed E-state index contributed by atoms with van der Waals surface area (Å²) in [6, 6.07) is 3.44. The maximum atomic E-state index is 11.8. The van der Waals surface area contributed by atoms with Gasteiger partial charge in [0.25, 0.3) is 5.88 Å². The molecule has 0 atom stereocenters. The summed E-state index contributed by atoms with van der Waals surface area (Å²) in [6.45, 7) is 0.989. The van der Waals surface area contributed by atoms with Crippen LogP contribution in [0.1, 0.15) is 12.0 Å². The van der Waals surface area contributed by atoms with Gasteiger partial charge in [-0.1, -0.05) is 0 Å². The van der Waals surface area contributed by atoms with Crippen molar-refractivity contribution in [2.24, 2.45) is 0 Å². The van der Waals surface area contributed by atoms with Gasteiger partial charge in [-0.2, -0.15) is 10.1 Å². The molecule has 0 aromatic carbocycles. The van der Waals surface area contributed by atoms with E-state index in [0.29, 0.717) is 43.5 Å². The summed E-state index contributed by atoms with van der Waals surface area (Å²) in [5.74, 6) is 1.39. The molecule has 1 aliphatic rings. The fraction of sp³-hybridized carbons (Fsp3) is 0.308. The Balaban J connectivity index is 1.58. The number of aryl methyl sites for hydroxylation is 1. The van der Waals surface area contributed by atoms with Gasteiger partial charge in [0.1, 0.15) is 19.0 Å². The molecule has 1 aliphatic heterocycles. The maximum absolute atomic E-state index is 11.8. The molecule has 20 heavy (non-hydrogen) atoms. The quantitative estimate of drug-likeness (QED) is 0.873. The van der Waals surface area contributed by atoms with Crippen LogP contribution in [0.4, 0.5) is 5.82 Å². The number of nitrogens with one attached hydrogen (secondary N) is 2. The van der Waals surface area contributed by atoms with Gasteiger partial charge in [-0.05, 0) is 24.1 Å². The van der Waals surface area contributed by atoms with Gasteiger partial charge >= 0.3 is 0 Å². The van der Waals surface area contributed by atoms with Crippen LogP contribution in [0.3, 0.4) is 0 Å². The first-order valence-corrected chi connectivity index (χ1v) is 6.35. The minimum atomic E-state index is -0.102. The smallest absolute Gasteiger partial charge is 0.259 e. The Morgan fingerprint density at radius 1 is 1.35 bits per heavy atom. The summed E-state index contributed by atoms with van der Waals surface area (Å²) in [5.41, 5.74) is 0.996. The molecule has 7 heteroatoms. The molecular weight excluding hydrogens is 260 g/mol. The van der Waals surface area contributed by atoms with Gasteiger partial charge in [0.2, 0.25) is 5.91 Å². The summed E-state index contributed by atoms with van der Waals surface area (Å²) in [7, 11) is 0. The highest BCUT2D eigenvalue weighted by Gasteiger charge is 2.14. The topological polar surface area (TPSA) is 89.1 Å². The lowest BCUT2D eigenvalue weighted by atomic mass is 10.2.